The third kappa shape index (κ3) is 3.99. The van der Waals surface area contributed by atoms with Gasteiger partial charge in [0.25, 0.3) is 0 Å². The molecule has 0 aliphatic heterocycles. The summed E-state index contributed by atoms with van der Waals surface area (Å²) in [6, 6.07) is 14.3. The van der Waals surface area contributed by atoms with Crippen LogP contribution in [0.15, 0.2) is 54.7 Å². The van der Waals surface area contributed by atoms with Crippen LogP contribution in [0.1, 0.15) is 30.9 Å². The minimum atomic E-state index is -0.271. The molecule has 3 rings (SSSR count). The standard InChI is InChI=1S/C20H22FN3O/c1-13(2)24-20(25)23-11-17(14-7-9-15(21)10-8-14)18-12-22-19-6-4-3-5-16(18)19/h3-10,12-13,17,22H,11H2,1-2H3,(H2,23,24,25)/t17-/m1/s1. The van der Waals surface area contributed by atoms with Gasteiger partial charge in [0.2, 0.25) is 0 Å². The molecule has 3 aromatic rings. The Kier molecular flexibility index (Phi) is 5.03. The lowest BCUT2D eigenvalue weighted by Gasteiger charge is -2.19. The molecule has 0 aliphatic carbocycles. The summed E-state index contributed by atoms with van der Waals surface area (Å²) < 4.78 is 13.3. The quantitative estimate of drug-likeness (QED) is 0.643. The lowest BCUT2D eigenvalue weighted by molar-refractivity contribution is 0.238. The molecule has 130 valence electrons. The van der Waals surface area contributed by atoms with Gasteiger partial charge < -0.3 is 15.6 Å². The molecule has 0 aliphatic rings. The predicted octanol–water partition coefficient (Wildman–Crippen LogP) is 4.15. The Morgan fingerprint density at radius 1 is 1.12 bits per heavy atom. The molecule has 4 nitrogen and oxygen atoms in total. The zero-order chi connectivity index (χ0) is 17.8. The molecule has 1 heterocycles. The molecular formula is C20H22FN3O. The molecule has 0 bridgehead atoms. The third-order valence-corrected chi connectivity index (χ3v) is 4.16. The zero-order valence-electron chi connectivity index (χ0n) is 14.3. The highest BCUT2D eigenvalue weighted by Crippen LogP contribution is 2.30. The lowest BCUT2D eigenvalue weighted by atomic mass is 9.91. The van der Waals surface area contributed by atoms with Gasteiger partial charge in [0.15, 0.2) is 0 Å². The first-order chi connectivity index (χ1) is 12.0. The third-order valence-electron chi connectivity index (χ3n) is 4.16. The number of urea groups is 1. The van der Waals surface area contributed by atoms with E-state index in [-0.39, 0.29) is 23.8 Å². The van der Waals surface area contributed by atoms with Gasteiger partial charge in [0.05, 0.1) is 0 Å². The first-order valence-corrected chi connectivity index (χ1v) is 8.40. The molecule has 3 N–H and O–H groups in total. The molecule has 1 aromatic heterocycles. The van der Waals surface area contributed by atoms with Crippen molar-refractivity contribution in [3.05, 3.63) is 71.7 Å². The number of rotatable bonds is 5. The summed E-state index contributed by atoms with van der Waals surface area (Å²) >= 11 is 0. The van der Waals surface area contributed by atoms with E-state index >= 15 is 0 Å². The number of halogens is 1. The van der Waals surface area contributed by atoms with Gasteiger partial charge in [-0.05, 0) is 43.2 Å². The average molecular weight is 339 g/mol. The van der Waals surface area contributed by atoms with Crippen LogP contribution in [-0.2, 0) is 0 Å². The Labute approximate surface area is 146 Å². The van der Waals surface area contributed by atoms with Crippen LogP contribution < -0.4 is 10.6 Å². The van der Waals surface area contributed by atoms with Gasteiger partial charge in [0.1, 0.15) is 5.82 Å². The van der Waals surface area contributed by atoms with Crippen molar-refractivity contribution in [2.24, 2.45) is 0 Å². The van der Waals surface area contributed by atoms with Gasteiger partial charge >= 0.3 is 6.03 Å². The van der Waals surface area contributed by atoms with Gasteiger partial charge in [-0.25, -0.2) is 9.18 Å². The maximum atomic E-state index is 13.3. The first kappa shape index (κ1) is 17.0. The van der Waals surface area contributed by atoms with Gasteiger partial charge in [-0.15, -0.1) is 0 Å². The zero-order valence-corrected chi connectivity index (χ0v) is 14.3. The molecule has 0 saturated carbocycles. The van der Waals surface area contributed by atoms with E-state index in [0.29, 0.717) is 6.54 Å². The molecule has 0 spiro atoms. The number of amides is 2. The molecule has 5 heteroatoms. The van der Waals surface area contributed by atoms with E-state index in [0.717, 1.165) is 22.0 Å². The Hall–Kier alpha value is -2.82. The number of aromatic amines is 1. The lowest BCUT2D eigenvalue weighted by Crippen LogP contribution is -2.41. The van der Waals surface area contributed by atoms with Crippen LogP contribution in [0.4, 0.5) is 9.18 Å². The van der Waals surface area contributed by atoms with Crippen LogP contribution >= 0.6 is 0 Å². The van der Waals surface area contributed by atoms with Gasteiger partial charge in [-0.1, -0.05) is 30.3 Å². The molecule has 0 fully saturated rings. The summed E-state index contributed by atoms with van der Waals surface area (Å²) in [5.74, 6) is -0.346. The monoisotopic (exact) mass is 339 g/mol. The number of hydrogen-bond donors (Lipinski definition) is 3. The molecule has 1 atom stereocenters. The predicted molar refractivity (Wildman–Crippen MR) is 98.2 cm³/mol. The molecule has 0 saturated heterocycles. The highest BCUT2D eigenvalue weighted by Gasteiger charge is 2.19. The Balaban J connectivity index is 1.91. The normalized spacial score (nSPS) is 12.3. The average Bonchev–Trinajstić information content (AvgIpc) is 3.00. The number of fused-ring (bicyclic) bond motifs is 1. The van der Waals surface area contributed by atoms with E-state index in [2.05, 4.69) is 15.6 Å². The van der Waals surface area contributed by atoms with Crippen molar-refractivity contribution in [3.8, 4) is 0 Å². The van der Waals surface area contributed by atoms with Crippen molar-refractivity contribution >= 4 is 16.9 Å². The van der Waals surface area contributed by atoms with Crippen molar-refractivity contribution in [2.45, 2.75) is 25.8 Å². The number of carbonyl (C=O) groups excluding carboxylic acids is 1. The molecule has 25 heavy (non-hydrogen) atoms. The molecule has 2 aromatic carbocycles. The Bertz CT molecular complexity index is 855. The van der Waals surface area contributed by atoms with Crippen molar-refractivity contribution in [1.29, 1.82) is 0 Å². The molecule has 2 amide bonds. The van der Waals surface area contributed by atoms with E-state index < -0.39 is 0 Å². The summed E-state index contributed by atoms with van der Waals surface area (Å²) in [4.78, 5) is 15.3. The molecule has 0 unspecified atom stereocenters. The van der Waals surface area contributed by atoms with Crippen LogP contribution in [0.25, 0.3) is 10.9 Å². The largest absolute Gasteiger partial charge is 0.361 e. The number of aromatic nitrogens is 1. The minimum Gasteiger partial charge on any atom is -0.361 e. The Morgan fingerprint density at radius 2 is 1.84 bits per heavy atom. The summed E-state index contributed by atoms with van der Waals surface area (Å²) in [6.45, 7) is 4.25. The first-order valence-electron chi connectivity index (χ1n) is 8.40. The number of benzene rings is 2. The van der Waals surface area contributed by atoms with E-state index in [1.807, 2.05) is 44.3 Å². The number of hydrogen-bond acceptors (Lipinski definition) is 1. The van der Waals surface area contributed by atoms with Crippen LogP contribution in [0.5, 0.6) is 0 Å². The minimum absolute atomic E-state index is 0.0670. The van der Waals surface area contributed by atoms with E-state index in [1.54, 1.807) is 12.1 Å². The van der Waals surface area contributed by atoms with Crippen LogP contribution in [-0.4, -0.2) is 23.6 Å². The number of H-pyrrole nitrogens is 1. The summed E-state index contributed by atoms with van der Waals surface area (Å²) in [6.07, 6.45) is 1.96. The van der Waals surface area contributed by atoms with Crippen LogP contribution in [0.3, 0.4) is 0 Å². The number of carbonyl (C=O) groups is 1. The van der Waals surface area contributed by atoms with E-state index in [1.165, 1.54) is 12.1 Å². The fourth-order valence-corrected chi connectivity index (χ4v) is 2.99. The van der Waals surface area contributed by atoms with E-state index in [4.69, 9.17) is 0 Å². The van der Waals surface area contributed by atoms with Crippen molar-refractivity contribution in [3.63, 3.8) is 0 Å². The van der Waals surface area contributed by atoms with Gasteiger partial charge in [-0.3, -0.25) is 0 Å². The van der Waals surface area contributed by atoms with Crippen LogP contribution in [0.2, 0.25) is 0 Å². The van der Waals surface area contributed by atoms with E-state index in [9.17, 15) is 9.18 Å². The molecule has 0 radical (unpaired) electrons. The summed E-state index contributed by atoms with van der Waals surface area (Å²) in [7, 11) is 0. The fraction of sp³-hybridized carbons (Fsp3) is 0.250. The van der Waals surface area contributed by atoms with Crippen molar-refractivity contribution in [2.75, 3.05) is 6.54 Å². The van der Waals surface area contributed by atoms with Gasteiger partial charge in [-0.2, -0.15) is 0 Å². The highest BCUT2D eigenvalue weighted by molar-refractivity contribution is 5.84. The highest BCUT2D eigenvalue weighted by atomic mass is 19.1. The smallest absolute Gasteiger partial charge is 0.315 e. The molecular weight excluding hydrogens is 317 g/mol. The number of para-hydroxylation sites is 1. The van der Waals surface area contributed by atoms with Crippen molar-refractivity contribution < 1.29 is 9.18 Å². The summed E-state index contributed by atoms with van der Waals surface area (Å²) in [5.41, 5.74) is 3.07. The second-order valence-corrected chi connectivity index (χ2v) is 6.40. The maximum absolute atomic E-state index is 13.3. The van der Waals surface area contributed by atoms with Crippen LogP contribution in [0, 0.1) is 5.82 Å². The number of nitrogens with one attached hydrogen (secondary N) is 3. The second-order valence-electron chi connectivity index (χ2n) is 6.40. The SMILES string of the molecule is CC(C)NC(=O)NC[C@H](c1ccc(F)cc1)c1c[nH]c2ccccc12. The topological polar surface area (TPSA) is 56.9 Å². The maximum Gasteiger partial charge on any atom is 0.315 e. The summed E-state index contributed by atoms with van der Waals surface area (Å²) in [5, 5.41) is 6.85. The second kappa shape index (κ2) is 7.38. The Morgan fingerprint density at radius 3 is 2.56 bits per heavy atom. The fourth-order valence-electron chi connectivity index (χ4n) is 2.99. The van der Waals surface area contributed by atoms with Crippen molar-refractivity contribution in [1.82, 2.24) is 15.6 Å². The van der Waals surface area contributed by atoms with Gasteiger partial charge in [0, 0.05) is 35.6 Å².